The molecule has 1 amide bonds. The van der Waals surface area contributed by atoms with Gasteiger partial charge in [-0.25, -0.2) is 10.1 Å². The molecule has 0 atom stereocenters. The van der Waals surface area contributed by atoms with E-state index in [0.29, 0.717) is 12.2 Å². The first-order valence-electron chi connectivity index (χ1n) is 11.6. The lowest BCUT2D eigenvalue weighted by Crippen LogP contribution is -2.17. The van der Waals surface area contributed by atoms with E-state index in [9.17, 15) is 4.79 Å². The number of nitrogens with zero attached hydrogens (tertiary/aromatic N) is 3. The van der Waals surface area contributed by atoms with Gasteiger partial charge < -0.3 is 4.74 Å². The molecule has 1 heterocycles. The van der Waals surface area contributed by atoms with Crippen molar-refractivity contribution >= 4 is 12.1 Å². The Morgan fingerprint density at radius 3 is 2.17 bits per heavy atom. The van der Waals surface area contributed by atoms with Gasteiger partial charge in [0.15, 0.2) is 0 Å². The fourth-order valence-electron chi connectivity index (χ4n) is 3.68. The van der Waals surface area contributed by atoms with Crippen molar-refractivity contribution in [3.63, 3.8) is 0 Å². The van der Waals surface area contributed by atoms with Gasteiger partial charge in [-0.2, -0.15) is 10.2 Å². The van der Waals surface area contributed by atoms with Crippen LogP contribution in [0, 0.1) is 0 Å². The van der Waals surface area contributed by atoms with Crippen LogP contribution in [0.4, 0.5) is 0 Å². The average molecular weight is 473 g/mol. The van der Waals surface area contributed by atoms with Gasteiger partial charge in [-0.05, 0) is 54.1 Å². The summed E-state index contributed by atoms with van der Waals surface area (Å²) in [4.78, 5) is 12.4. The molecular weight excluding hydrogens is 448 g/mol. The minimum Gasteiger partial charge on any atom is -0.489 e. The van der Waals surface area contributed by atoms with Crippen LogP contribution in [0.3, 0.4) is 0 Å². The van der Waals surface area contributed by atoms with Gasteiger partial charge in [-0.1, -0.05) is 66.7 Å². The molecular formula is C30H24N4O2. The van der Waals surface area contributed by atoms with Crippen LogP contribution in [0.2, 0.25) is 0 Å². The number of hydrogen-bond donors (Lipinski definition) is 1. The standard InChI is InChI=1S/C30H24N4O2/c35-30(25-12-6-2-7-13-25)32-31-20-26-21-34(27-14-8-3-9-15-27)33-29(26)24-16-18-28(19-17-24)36-22-23-10-4-1-5-11-23/h1-21H,22H2,(H,32,35)/b31-20+. The van der Waals surface area contributed by atoms with Crippen LogP contribution in [0.15, 0.2) is 127 Å². The number of aromatic nitrogens is 2. The van der Waals surface area contributed by atoms with Gasteiger partial charge in [0.2, 0.25) is 0 Å². The second kappa shape index (κ2) is 11.0. The molecule has 5 rings (SSSR count). The molecule has 4 aromatic carbocycles. The number of hydrogen-bond acceptors (Lipinski definition) is 4. The monoisotopic (exact) mass is 472 g/mol. The minimum atomic E-state index is -0.274. The highest BCUT2D eigenvalue weighted by molar-refractivity contribution is 5.95. The Morgan fingerprint density at radius 2 is 1.47 bits per heavy atom. The summed E-state index contributed by atoms with van der Waals surface area (Å²) in [6.07, 6.45) is 3.51. The van der Waals surface area contributed by atoms with Crippen molar-refractivity contribution in [1.29, 1.82) is 0 Å². The third kappa shape index (κ3) is 5.56. The van der Waals surface area contributed by atoms with Crippen molar-refractivity contribution < 1.29 is 9.53 Å². The van der Waals surface area contributed by atoms with Gasteiger partial charge in [0.25, 0.3) is 5.91 Å². The number of benzene rings is 4. The zero-order valence-electron chi connectivity index (χ0n) is 19.5. The van der Waals surface area contributed by atoms with E-state index >= 15 is 0 Å². The Labute approximate surface area is 209 Å². The molecule has 0 saturated heterocycles. The molecule has 36 heavy (non-hydrogen) atoms. The van der Waals surface area contributed by atoms with Crippen molar-refractivity contribution in [1.82, 2.24) is 15.2 Å². The molecule has 0 unspecified atom stereocenters. The molecule has 0 bridgehead atoms. The first-order valence-corrected chi connectivity index (χ1v) is 11.6. The molecule has 5 aromatic rings. The van der Waals surface area contributed by atoms with Gasteiger partial charge in [0.05, 0.1) is 11.9 Å². The summed E-state index contributed by atoms with van der Waals surface area (Å²) in [6, 6.07) is 36.7. The second-order valence-electron chi connectivity index (χ2n) is 8.08. The summed E-state index contributed by atoms with van der Waals surface area (Å²) in [7, 11) is 0. The number of ether oxygens (including phenoxy) is 1. The topological polar surface area (TPSA) is 68.5 Å². The highest BCUT2D eigenvalue weighted by atomic mass is 16.5. The normalized spacial score (nSPS) is 10.9. The number of rotatable bonds is 8. The molecule has 0 aliphatic carbocycles. The van der Waals surface area contributed by atoms with Crippen molar-refractivity contribution in [2.24, 2.45) is 5.10 Å². The summed E-state index contributed by atoms with van der Waals surface area (Å²) >= 11 is 0. The lowest BCUT2D eigenvalue weighted by molar-refractivity contribution is 0.0955. The van der Waals surface area contributed by atoms with E-state index in [1.807, 2.05) is 109 Å². The lowest BCUT2D eigenvalue weighted by atomic mass is 10.1. The number of carbonyl (C=O) groups is 1. The Balaban J connectivity index is 1.37. The Bertz CT molecular complexity index is 1450. The maximum Gasteiger partial charge on any atom is 0.271 e. The van der Waals surface area contributed by atoms with E-state index in [1.165, 1.54) is 0 Å². The number of para-hydroxylation sites is 1. The average Bonchev–Trinajstić information content (AvgIpc) is 3.38. The van der Waals surface area contributed by atoms with Crippen molar-refractivity contribution in [3.8, 4) is 22.7 Å². The Kier molecular flexibility index (Phi) is 6.95. The fraction of sp³-hybridized carbons (Fsp3) is 0.0333. The SMILES string of the molecule is O=C(N/N=C/c1cn(-c2ccccc2)nc1-c1ccc(OCc2ccccc2)cc1)c1ccccc1. The molecule has 176 valence electrons. The summed E-state index contributed by atoms with van der Waals surface area (Å²) in [5.74, 6) is 0.499. The Hall–Kier alpha value is -4.97. The van der Waals surface area contributed by atoms with Gasteiger partial charge in [0.1, 0.15) is 18.1 Å². The van der Waals surface area contributed by atoms with Crippen LogP contribution in [-0.2, 0) is 6.61 Å². The summed E-state index contributed by atoms with van der Waals surface area (Å²) in [5.41, 5.74) is 7.59. The molecule has 0 fully saturated rings. The molecule has 1 aromatic heterocycles. The summed E-state index contributed by atoms with van der Waals surface area (Å²) in [6.45, 7) is 0.502. The molecule has 6 heteroatoms. The number of carbonyl (C=O) groups excluding carboxylic acids is 1. The molecule has 0 spiro atoms. The maximum absolute atomic E-state index is 12.4. The Morgan fingerprint density at radius 1 is 0.833 bits per heavy atom. The highest BCUT2D eigenvalue weighted by Gasteiger charge is 2.12. The van der Waals surface area contributed by atoms with E-state index in [1.54, 1.807) is 23.0 Å². The summed E-state index contributed by atoms with van der Waals surface area (Å²) in [5, 5.41) is 8.99. The molecule has 0 radical (unpaired) electrons. The van der Waals surface area contributed by atoms with E-state index in [-0.39, 0.29) is 5.91 Å². The van der Waals surface area contributed by atoms with Crippen molar-refractivity contribution in [2.45, 2.75) is 6.61 Å². The number of hydrazone groups is 1. The van der Waals surface area contributed by atoms with Crippen LogP contribution in [-0.4, -0.2) is 21.9 Å². The third-order valence-corrected chi connectivity index (χ3v) is 5.55. The maximum atomic E-state index is 12.4. The summed E-state index contributed by atoms with van der Waals surface area (Å²) < 4.78 is 7.72. The van der Waals surface area contributed by atoms with Crippen LogP contribution >= 0.6 is 0 Å². The largest absolute Gasteiger partial charge is 0.489 e. The van der Waals surface area contributed by atoms with Crippen molar-refractivity contribution in [2.75, 3.05) is 0 Å². The minimum absolute atomic E-state index is 0.274. The predicted molar refractivity (Wildman–Crippen MR) is 141 cm³/mol. The smallest absolute Gasteiger partial charge is 0.271 e. The second-order valence-corrected chi connectivity index (χ2v) is 8.08. The van der Waals surface area contributed by atoms with Gasteiger partial charge >= 0.3 is 0 Å². The van der Waals surface area contributed by atoms with E-state index in [4.69, 9.17) is 9.84 Å². The number of amides is 1. The predicted octanol–water partition coefficient (Wildman–Crippen LogP) is 5.88. The fourth-order valence-corrected chi connectivity index (χ4v) is 3.68. The third-order valence-electron chi connectivity index (χ3n) is 5.55. The first kappa shape index (κ1) is 22.8. The first-order chi connectivity index (χ1) is 17.8. The van der Waals surface area contributed by atoms with Crippen LogP contribution in [0.5, 0.6) is 5.75 Å². The zero-order valence-corrected chi connectivity index (χ0v) is 19.5. The molecule has 0 aliphatic rings. The van der Waals surface area contributed by atoms with Crippen LogP contribution < -0.4 is 10.2 Å². The van der Waals surface area contributed by atoms with Crippen LogP contribution in [0.1, 0.15) is 21.5 Å². The van der Waals surface area contributed by atoms with Gasteiger partial charge in [-0.3, -0.25) is 4.79 Å². The van der Waals surface area contributed by atoms with Gasteiger partial charge in [-0.15, -0.1) is 0 Å². The number of nitrogens with one attached hydrogen (secondary N) is 1. The molecule has 0 saturated carbocycles. The van der Waals surface area contributed by atoms with E-state index in [2.05, 4.69) is 10.5 Å². The quantitative estimate of drug-likeness (QED) is 0.226. The van der Waals surface area contributed by atoms with Gasteiger partial charge in [0, 0.05) is 22.9 Å². The van der Waals surface area contributed by atoms with E-state index in [0.717, 1.165) is 33.8 Å². The molecule has 1 N–H and O–H groups in total. The highest BCUT2D eigenvalue weighted by Crippen LogP contribution is 2.25. The lowest BCUT2D eigenvalue weighted by Gasteiger charge is -2.07. The molecule has 6 nitrogen and oxygen atoms in total. The van der Waals surface area contributed by atoms with E-state index < -0.39 is 0 Å². The van der Waals surface area contributed by atoms with Crippen LogP contribution in [0.25, 0.3) is 16.9 Å². The zero-order chi connectivity index (χ0) is 24.6. The van der Waals surface area contributed by atoms with Crippen molar-refractivity contribution in [3.05, 3.63) is 138 Å². The molecule has 0 aliphatic heterocycles.